The Kier molecular flexibility index (Phi) is 32.1. The molecule has 1 amide bonds. The van der Waals surface area contributed by atoms with E-state index in [9.17, 15) is 19.4 Å². The number of carbonyl (C=O) groups excluding carboxylic acids is 1. The highest BCUT2D eigenvalue weighted by Crippen LogP contribution is 2.38. The number of carbonyl (C=O) groups is 1. The highest BCUT2D eigenvalue weighted by Gasteiger charge is 2.24. The van der Waals surface area contributed by atoms with E-state index in [0.29, 0.717) is 23.9 Å². The molecular weight excluding hydrogens is 623 g/mol. The van der Waals surface area contributed by atoms with E-state index in [0.717, 1.165) is 38.5 Å². The molecule has 0 aromatic rings. The Morgan fingerprint density at radius 2 is 1.02 bits per heavy atom. The summed E-state index contributed by atoms with van der Waals surface area (Å²) < 4.78 is 23.1. The van der Waals surface area contributed by atoms with Gasteiger partial charge in [-0.3, -0.25) is 9.36 Å². The lowest BCUT2D eigenvalue weighted by Crippen LogP contribution is -2.46. The summed E-state index contributed by atoms with van der Waals surface area (Å²) in [6, 6.07) is -0.790. The van der Waals surface area contributed by atoms with Crippen molar-refractivity contribution in [3.8, 4) is 0 Å². The Balaban J connectivity index is 4.17. The molecule has 0 aliphatic carbocycles. The zero-order valence-electron chi connectivity index (χ0n) is 32.5. The minimum Gasteiger partial charge on any atom is -0.756 e. The quantitative estimate of drug-likeness (QED) is 0.0379. The first kappa shape index (κ1) is 47.5. The molecular formula is C39H81N2O6P. The molecule has 0 aromatic carbocycles. The molecule has 0 heterocycles. The number of aliphatic hydroxyl groups is 1. The molecule has 0 spiro atoms. The average Bonchev–Trinajstić information content (AvgIpc) is 3.02. The standard InChI is InChI=1S/C39H81N2O6P/c1-6-8-10-12-14-15-16-17-18-19-20-21-22-23-24-25-26-27-28-30-32-38(42)37(40-39(43)33-31-29-13-11-9-7-2)36-47-48(44,45)46-35-34-41(3,4)5/h37-38,42H,6-36H2,1-5H3,(H-,40,43,44,45). The fourth-order valence-electron chi connectivity index (χ4n) is 6.04. The molecule has 2 N–H and O–H groups in total. The first-order valence-electron chi connectivity index (χ1n) is 20.4. The number of hydrogen-bond acceptors (Lipinski definition) is 6. The third-order valence-corrected chi connectivity index (χ3v) is 10.3. The van der Waals surface area contributed by atoms with Crippen molar-refractivity contribution in [3.05, 3.63) is 0 Å². The maximum absolute atomic E-state index is 12.7. The number of likely N-dealkylation sites (N-methyl/N-ethyl adjacent to an activating group) is 1. The lowest BCUT2D eigenvalue weighted by molar-refractivity contribution is -0.870. The largest absolute Gasteiger partial charge is 0.756 e. The van der Waals surface area contributed by atoms with E-state index >= 15 is 0 Å². The number of nitrogens with zero attached hydrogens (tertiary/aromatic N) is 1. The van der Waals surface area contributed by atoms with Crippen LogP contribution < -0.4 is 10.2 Å². The van der Waals surface area contributed by atoms with Crippen LogP contribution in [0.15, 0.2) is 0 Å². The van der Waals surface area contributed by atoms with Crippen LogP contribution >= 0.6 is 7.82 Å². The van der Waals surface area contributed by atoms with Crippen molar-refractivity contribution in [1.82, 2.24) is 5.32 Å². The first-order valence-corrected chi connectivity index (χ1v) is 21.8. The van der Waals surface area contributed by atoms with Crippen LogP contribution in [0.5, 0.6) is 0 Å². The van der Waals surface area contributed by atoms with E-state index in [2.05, 4.69) is 19.2 Å². The minimum absolute atomic E-state index is 0.0152. The third kappa shape index (κ3) is 34.0. The number of quaternary nitrogens is 1. The van der Waals surface area contributed by atoms with Crippen LogP contribution in [0.2, 0.25) is 0 Å². The highest BCUT2D eigenvalue weighted by molar-refractivity contribution is 7.45. The second-order valence-corrected chi connectivity index (χ2v) is 16.8. The third-order valence-electron chi connectivity index (χ3n) is 9.35. The first-order chi connectivity index (χ1) is 23.0. The van der Waals surface area contributed by atoms with Gasteiger partial charge in [-0.25, -0.2) is 0 Å². The normalized spacial score (nSPS) is 14.6. The van der Waals surface area contributed by atoms with Gasteiger partial charge in [0.1, 0.15) is 13.2 Å². The molecule has 0 fully saturated rings. The van der Waals surface area contributed by atoms with Gasteiger partial charge in [0, 0.05) is 6.42 Å². The van der Waals surface area contributed by atoms with Gasteiger partial charge in [0.2, 0.25) is 5.91 Å². The van der Waals surface area contributed by atoms with Crippen molar-refractivity contribution < 1.29 is 32.9 Å². The highest BCUT2D eigenvalue weighted by atomic mass is 31.2. The van der Waals surface area contributed by atoms with E-state index in [4.69, 9.17) is 9.05 Å². The summed E-state index contributed by atoms with van der Waals surface area (Å²) in [5, 5.41) is 13.8. The Morgan fingerprint density at radius 3 is 1.42 bits per heavy atom. The molecule has 288 valence electrons. The van der Waals surface area contributed by atoms with Crippen molar-refractivity contribution in [3.63, 3.8) is 0 Å². The summed E-state index contributed by atoms with van der Waals surface area (Å²) >= 11 is 0. The minimum atomic E-state index is -4.54. The number of phosphoric ester groups is 1. The van der Waals surface area contributed by atoms with E-state index in [-0.39, 0.29) is 19.1 Å². The van der Waals surface area contributed by atoms with Crippen LogP contribution in [0.4, 0.5) is 0 Å². The van der Waals surface area contributed by atoms with Gasteiger partial charge in [-0.05, 0) is 12.8 Å². The van der Waals surface area contributed by atoms with Crippen molar-refractivity contribution >= 4 is 13.7 Å². The molecule has 0 rings (SSSR count). The predicted molar refractivity (Wildman–Crippen MR) is 201 cm³/mol. The maximum Gasteiger partial charge on any atom is 0.268 e. The van der Waals surface area contributed by atoms with Gasteiger partial charge in [0.25, 0.3) is 7.82 Å². The summed E-state index contributed by atoms with van der Waals surface area (Å²) in [5.74, 6) is -0.173. The Hall–Kier alpha value is -0.500. The predicted octanol–water partition coefficient (Wildman–Crippen LogP) is 10.0. The van der Waals surface area contributed by atoms with Crippen LogP contribution in [0.25, 0.3) is 0 Å². The second-order valence-electron chi connectivity index (χ2n) is 15.4. The van der Waals surface area contributed by atoms with E-state index < -0.39 is 20.0 Å². The van der Waals surface area contributed by atoms with Crippen molar-refractivity contribution in [2.45, 2.75) is 206 Å². The smallest absolute Gasteiger partial charge is 0.268 e. The molecule has 3 unspecified atom stereocenters. The second kappa shape index (κ2) is 32.4. The molecule has 0 saturated carbocycles. The van der Waals surface area contributed by atoms with Gasteiger partial charge in [-0.2, -0.15) is 0 Å². The monoisotopic (exact) mass is 705 g/mol. The summed E-state index contributed by atoms with van der Waals surface area (Å²) in [6.45, 7) is 4.66. The van der Waals surface area contributed by atoms with E-state index in [1.54, 1.807) is 0 Å². The summed E-state index contributed by atoms with van der Waals surface area (Å²) in [7, 11) is 1.31. The van der Waals surface area contributed by atoms with Crippen LogP contribution in [0, 0.1) is 0 Å². The van der Waals surface area contributed by atoms with Gasteiger partial charge in [0.05, 0.1) is 39.9 Å². The van der Waals surface area contributed by atoms with Crippen molar-refractivity contribution in [1.29, 1.82) is 0 Å². The van der Waals surface area contributed by atoms with Gasteiger partial charge < -0.3 is 28.8 Å². The van der Waals surface area contributed by atoms with Crippen LogP contribution in [-0.4, -0.2) is 68.5 Å². The van der Waals surface area contributed by atoms with Gasteiger partial charge >= 0.3 is 0 Å². The zero-order valence-corrected chi connectivity index (χ0v) is 33.4. The van der Waals surface area contributed by atoms with Crippen molar-refractivity contribution in [2.24, 2.45) is 0 Å². The van der Waals surface area contributed by atoms with Gasteiger partial charge in [-0.1, -0.05) is 174 Å². The molecule has 48 heavy (non-hydrogen) atoms. The molecule has 0 bridgehead atoms. The fraction of sp³-hybridized carbons (Fsp3) is 0.974. The molecule has 0 saturated heterocycles. The zero-order chi connectivity index (χ0) is 35.8. The number of rotatable bonds is 37. The maximum atomic E-state index is 12.7. The number of unbranched alkanes of at least 4 members (excludes halogenated alkanes) is 24. The number of aliphatic hydroxyl groups excluding tert-OH is 1. The average molecular weight is 705 g/mol. The summed E-state index contributed by atoms with van der Waals surface area (Å²) in [4.78, 5) is 25.0. The fourth-order valence-corrected chi connectivity index (χ4v) is 6.76. The molecule has 3 atom stereocenters. The van der Waals surface area contributed by atoms with Gasteiger partial charge in [0.15, 0.2) is 0 Å². The van der Waals surface area contributed by atoms with Crippen LogP contribution in [0.1, 0.15) is 194 Å². The molecule has 0 aliphatic rings. The van der Waals surface area contributed by atoms with E-state index in [1.807, 2.05) is 21.1 Å². The molecule has 0 aromatic heterocycles. The van der Waals surface area contributed by atoms with E-state index in [1.165, 1.54) is 128 Å². The number of amides is 1. The Morgan fingerprint density at radius 1 is 0.646 bits per heavy atom. The number of phosphoric acid groups is 1. The molecule has 0 aliphatic heterocycles. The van der Waals surface area contributed by atoms with Gasteiger partial charge in [-0.15, -0.1) is 0 Å². The number of hydrogen-bond donors (Lipinski definition) is 2. The van der Waals surface area contributed by atoms with Crippen LogP contribution in [-0.2, 0) is 18.4 Å². The van der Waals surface area contributed by atoms with Crippen molar-refractivity contribution in [2.75, 3.05) is 40.9 Å². The lowest BCUT2D eigenvalue weighted by atomic mass is 10.0. The molecule has 9 heteroatoms. The Bertz CT molecular complexity index is 763. The summed E-state index contributed by atoms with van der Waals surface area (Å²) in [5.41, 5.74) is 0. The lowest BCUT2D eigenvalue weighted by Gasteiger charge is -2.30. The Labute approximate surface area is 298 Å². The molecule has 0 radical (unpaired) electrons. The van der Waals surface area contributed by atoms with Crippen LogP contribution in [0.3, 0.4) is 0 Å². The summed E-state index contributed by atoms with van der Waals surface area (Å²) in [6.07, 6.45) is 32.8. The topological polar surface area (TPSA) is 108 Å². The molecule has 8 nitrogen and oxygen atoms in total. The number of nitrogens with one attached hydrogen (secondary N) is 1. The SMILES string of the molecule is CCCCCCCCCCCCCCCCCCCCCCC(O)C(COP(=O)([O-])OCC[N+](C)(C)C)NC(=O)CCCCCCCC.